The van der Waals surface area contributed by atoms with E-state index in [0.717, 1.165) is 25.7 Å². The van der Waals surface area contributed by atoms with Gasteiger partial charge in [0.05, 0.1) is 0 Å². The molecular formula is C35H44. The van der Waals surface area contributed by atoms with E-state index in [-0.39, 0.29) is 0 Å². The summed E-state index contributed by atoms with van der Waals surface area (Å²) in [7, 11) is 0. The summed E-state index contributed by atoms with van der Waals surface area (Å²) < 4.78 is 0. The summed E-state index contributed by atoms with van der Waals surface area (Å²) in [5.74, 6) is 0. The zero-order chi connectivity index (χ0) is 25.6. The summed E-state index contributed by atoms with van der Waals surface area (Å²) in [6.45, 7) is 14.9. The molecule has 0 amide bonds. The van der Waals surface area contributed by atoms with Crippen molar-refractivity contribution >= 4 is 16.7 Å². The highest BCUT2D eigenvalue weighted by atomic mass is 14.2. The van der Waals surface area contributed by atoms with E-state index in [0.29, 0.717) is 0 Å². The highest BCUT2D eigenvalue weighted by Gasteiger charge is 2.11. The van der Waals surface area contributed by atoms with Gasteiger partial charge in [-0.05, 0) is 103 Å². The first-order valence-electron chi connectivity index (χ1n) is 13.3. The first kappa shape index (κ1) is 28.1. The van der Waals surface area contributed by atoms with E-state index >= 15 is 0 Å². The molecule has 0 heteroatoms. The van der Waals surface area contributed by atoms with Crippen molar-refractivity contribution in [2.45, 2.75) is 74.1 Å². The van der Waals surface area contributed by atoms with Gasteiger partial charge in [-0.1, -0.05) is 112 Å². The average Bonchev–Trinajstić information content (AvgIpc) is 2.91. The number of rotatable bonds is 9. The van der Waals surface area contributed by atoms with Crippen LogP contribution in [0, 0.1) is 6.92 Å². The number of allylic oxidation sites excluding steroid dienone is 6. The molecular weight excluding hydrogens is 420 g/mol. The largest absolute Gasteiger partial charge is 0.0877 e. The molecule has 3 aromatic rings. The molecule has 3 aromatic carbocycles. The lowest BCUT2D eigenvalue weighted by Crippen LogP contribution is -1.96. The van der Waals surface area contributed by atoms with Crippen molar-refractivity contribution < 1.29 is 0 Å². The van der Waals surface area contributed by atoms with Crippen molar-refractivity contribution in [2.24, 2.45) is 0 Å². The highest BCUT2D eigenvalue weighted by Crippen LogP contribution is 2.32. The van der Waals surface area contributed by atoms with Crippen LogP contribution in [0.1, 0.15) is 87.8 Å². The van der Waals surface area contributed by atoms with Crippen LogP contribution in [0.3, 0.4) is 0 Å². The fraction of sp³-hybridized carbons (Fsp3) is 0.314. The molecule has 0 aliphatic carbocycles. The van der Waals surface area contributed by atoms with Gasteiger partial charge in [0.2, 0.25) is 0 Å². The van der Waals surface area contributed by atoms with Crippen LogP contribution < -0.4 is 0 Å². The summed E-state index contributed by atoms with van der Waals surface area (Å²) in [6, 6.07) is 27.0. The van der Waals surface area contributed by atoms with Crippen molar-refractivity contribution in [1.29, 1.82) is 0 Å². The highest BCUT2D eigenvalue weighted by molar-refractivity contribution is 5.90. The van der Waals surface area contributed by atoms with Gasteiger partial charge in [-0.15, -0.1) is 0 Å². The zero-order valence-electron chi connectivity index (χ0n) is 23.0. The molecule has 0 unspecified atom stereocenters. The predicted molar refractivity (Wildman–Crippen MR) is 159 cm³/mol. The molecule has 0 aliphatic rings. The monoisotopic (exact) mass is 464 g/mol. The van der Waals surface area contributed by atoms with E-state index in [1.165, 1.54) is 50.1 Å². The minimum absolute atomic E-state index is 1.08. The first-order valence-corrected chi connectivity index (χ1v) is 13.3. The van der Waals surface area contributed by atoms with Crippen molar-refractivity contribution in [3.8, 4) is 0 Å². The van der Waals surface area contributed by atoms with E-state index in [4.69, 9.17) is 0 Å². The summed E-state index contributed by atoms with van der Waals surface area (Å²) in [4.78, 5) is 0. The third kappa shape index (κ3) is 8.25. The van der Waals surface area contributed by atoms with Gasteiger partial charge >= 0.3 is 0 Å². The Morgan fingerprint density at radius 1 is 0.771 bits per heavy atom. The molecule has 184 valence electrons. The van der Waals surface area contributed by atoms with E-state index < -0.39 is 0 Å². The fourth-order valence-corrected chi connectivity index (χ4v) is 4.34. The molecule has 0 heterocycles. The summed E-state index contributed by atoms with van der Waals surface area (Å²) in [5.41, 5.74) is 12.3. The Bertz CT molecular complexity index is 1120. The third-order valence-electron chi connectivity index (χ3n) is 6.56. The Kier molecular flexibility index (Phi) is 12.0. The van der Waals surface area contributed by atoms with Crippen molar-refractivity contribution in [3.63, 3.8) is 0 Å². The minimum Gasteiger partial charge on any atom is -0.0877 e. The normalized spacial score (nSPS) is 12.3. The second kappa shape index (κ2) is 15.0. The maximum absolute atomic E-state index is 2.29. The molecule has 35 heavy (non-hydrogen) atoms. The van der Waals surface area contributed by atoms with Crippen molar-refractivity contribution in [2.75, 3.05) is 0 Å². The van der Waals surface area contributed by atoms with Crippen LogP contribution in [-0.2, 0) is 12.8 Å². The smallest absolute Gasteiger partial charge is 0.0192 e. The number of hydrogen-bond acceptors (Lipinski definition) is 0. The zero-order valence-corrected chi connectivity index (χ0v) is 23.0. The van der Waals surface area contributed by atoms with Gasteiger partial charge in [0.25, 0.3) is 0 Å². The number of hydrogen-bond donors (Lipinski definition) is 0. The first-order chi connectivity index (χ1) is 17.0. The van der Waals surface area contributed by atoms with Gasteiger partial charge in [0.15, 0.2) is 0 Å². The van der Waals surface area contributed by atoms with E-state index in [1.54, 1.807) is 0 Å². The SMILES string of the molecule is C/C=C\C=C(/C)c1ccc(CCC/C(=C(/C)c2ccc(CC)cc2)c2ccccc2C)cc1.CC. The van der Waals surface area contributed by atoms with Gasteiger partial charge in [0.1, 0.15) is 0 Å². The molecule has 0 N–H and O–H groups in total. The van der Waals surface area contributed by atoms with Crippen LogP contribution in [-0.4, -0.2) is 0 Å². The standard InChI is InChI=1S/C33H38.C2H6/c1-6-8-12-25(3)30-21-19-29(20-22-30)14-11-16-33(32-15-10-9-13-26(32)4)27(5)31-23-17-28(7-2)18-24-31;1-2/h6,8-10,12-13,15,17-24H,7,11,14,16H2,1-5H3;1-2H3/b8-6-,25-12+,33-27+;. The summed E-state index contributed by atoms with van der Waals surface area (Å²) in [6.07, 6.45) is 10.7. The minimum atomic E-state index is 1.08. The lowest BCUT2D eigenvalue weighted by atomic mass is 9.89. The van der Waals surface area contributed by atoms with Crippen molar-refractivity contribution in [3.05, 3.63) is 124 Å². The third-order valence-corrected chi connectivity index (χ3v) is 6.56. The van der Waals surface area contributed by atoms with Gasteiger partial charge in [0, 0.05) is 0 Å². The van der Waals surface area contributed by atoms with E-state index in [1.807, 2.05) is 13.8 Å². The van der Waals surface area contributed by atoms with Gasteiger partial charge in [-0.25, -0.2) is 0 Å². The molecule has 0 fully saturated rings. The lowest BCUT2D eigenvalue weighted by molar-refractivity contribution is 0.853. The predicted octanol–water partition coefficient (Wildman–Crippen LogP) is 10.5. The molecule has 0 saturated heterocycles. The van der Waals surface area contributed by atoms with E-state index in [9.17, 15) is 0 Å². The van der Waals surface area contributed by atoms with E-state index in [2.05, 4.69) is 126 Å². The Morgan fingerprint density at radius 3 is 1.97 bits per heavy atom. The molecule has 0 bridgehead atoms. The maximum atomic E-state index is 2.29. The van der Waals surface area contributed by atoms with Crippen LogP contribution in [0.2, 0.25) is 0 Å². The molecule has 0 aromatic heterocycles. The van der Waals surface area contributed by atoms with Gasteiger partial charge in [-0.3, -0.25) is 0 Å². The Balaban J connectivity index is 0.00000210. The Labute approximate surface area is 215 Å². The second-order valence-electron chi connectivity index (χ2n) is 8.89. The summed E-state index contributed by atoms with van der Waals surface area (Å²) in [5, 5.41) is 0. The molecule has 3 rings (SSSR count). The Hall–Kier alpha value is -3.12. The van der Waals surface area contributed by atoms with Crippen molar-refractivity contribution in [1.82, 2.24) is 0 Å². The quantitative estimate of drug-likeness (QED) is 0.218. The van der Waals surface area contributed by atoms with Gasteiger partial charge in [-0.2, -0.15) is 0 Å². The van der Waals surface area contributed by atoms with Crippen LogP contribution in [0.4, 0.5) is 0 Å². The van der Waals surface area contributed by atoms with Crippen LogP contribution in [0.5, 0.6) is 0 Å². The lowest BCUT2D eigenvalue weighted by Gasteiger charge is -2.16. The molecule has 0 radical (unpaired) electrons. The molecule has 0 spiro atoms. The summed E-state index contributed by atoms with van der Waals surface area (Å²) >= 11 is 0. The number of aryl methyl sites for hydroxylation is 3. The average molecular weight is 465 g/mol. The van der Waals surface area contributed by atoms with Crippen LogP contribution >= 0.6 is 0 Å². The van der Waals surface area contributed by atoms with Crippen LogP contribution in [0.15, 0.2) is 91.0 Å². The van der Waals surface area contributed by atoms with Crippen LogP contribution in [0.25, 0.3) is 16.7 Å². The maximum Gasteiger partial charge on any atom is -0.0192 e. The molecule has 0 aliphatic heterocycles. The number of benzene rings is 3. The molecule has 0 atom stereocenters. The topological polar surface area (TPSA) is 0 Å². The molecule has 0 saturated carbocycles. The van der Waals surface area contributed by atoms with Gasteiger partial charge < -0.3 is 0 Å². The fourth-order valence-electron chi connectivity index (χ4n) is 4.34. The second-order valence-corrected chi connectivity index (χ2v) is 8.89. The Morgan fingerprint density at radius 2 is 1.37 bits per heavy atom. The molecule has 0 nitrogen and oxygen atoms in total.